The summed E-state index contributed by atoms with van der Waals surface area (Å²) in [6, 6.07) is -0.549. The Hall–Kier alpha value is -1.57. The van der Waals surface area contributed by atoms with E-state index in [1.54, 1.807) is 13.8 Å². The van der Waals surface area contributed by atoms with Crippen molar-refractivity contribution in [3.8, 4) is 0 Å². The van der Waals surface area contributed by atoms with Crippen molar-refractivity contribution in [3.05, 3.63) is 17.5 Å². The second-order valence-corrected chi connectivity index (χ2v) is 6.27. The highest BCUT2D eigenvalue weighted by Gasteiger charge is 2.43. The second kappa shape index (κ2) is 7.13. The van der Waals surface area contributed by atoms with Crippen molar-refractivity contribution in [3.63, 3.8) is 0 Å². The predicted octanol–water partition coefficient (Wildman–Crippen LogP) is 3.82. The van der Waals surface area contributed by atoms with Gasteiger partial charge in [-0.3, -0.25) is 14.3 Å². The van der Waals surface area contributed by atoms with Crippen LogP contribution < -0.4 is 0 Å². The van der Waals surface area contributed by atoms with Crippen LogP contribution in [0.5, 0.6) is 0 Å². The maximum Gasteiger partial charge on any atom is 0.433 e. The van der Waals surface area contributed by atoms with E-state index in [1.165, 1.54) is 0 Å². The number of hydrogen-bond donors (Lipinski definition) is 0. The molecule has 0 aromatic carbocycles. The smallest absolute Gasteiger partial charge is 0.433 e. The summed E-state index contributed by atoms with van der Waals surface area (Å²) >= 11 is 5.24. The van der Waals surface area contributed by atoms with E-state index >= 15 is 0 Å². The molecule has 1 fully saturated rings. The van der Waals surface area contributed by atoms with Crippen molar-refractivity contribution >= 4 is 22.8 Å². The van der Waals surface area contributed by atoms with Gasteiger partial charge in [0, 0.05) is 0 Å². The molecule has 3 atom stereocenters. The van der Waals surface area contributed by atoms with Gasteiger partial charge in [0.05, 0.1) is 30.3 Å². The number of halogens is 4. The lowest BCUT2D eigenvalue weighted by Gasteiger charge is -2.33. The summed E-state index contributed by atoms with van der Waals surface area (Å²) in [7, 11) is 0. The first-order chi connectivity index (χ1) is 11.2. The molecule has 134 valence electrons. The van der Waals surface area contributed by atoms with Gasteiger partial charge in [-0.1, -0.05) is 6.92 Å². The average Bonchev–Trinajstić information content (AvgIpc) is 2.92. The predicted molar refractivity (Wildman–Crippen MR) is 79.6 cm³/mol. The van der Waals surface area contributed by atoms with Crippen molar-refractivity contribution in [2.24, 2.45) is 11.8 Å². The third kappa shape index (κ3) is 3.74. The van der Waals surface area contributed by atoms with Gasteiger partial charge in [0.1, 0.15) is 0 Å². The Labute approximate surface area is 142 Å². The number of nitrogens with zero attached hydrogens (tertiary/aromatic N) is 2. The molecule has 0 amide bonds. The number of carbonyl (C=O) groups is 2. The van der Waals surface area contributed by atoms with E-state index in [-0.39, 0.29) is 24.4 Å². The summed E-state index contributed by atoms with van der Waals surface area (Å²) in [4.78, 5) is 23.1. The topological polar surface area (TPSA) is 61.2 Å². The first kappa shape index (κ1) is 18.8. The van der Waals surface area contributed by atoms with Crippen molar-refractivity contribution in [2.75, 3.05) is 6.61 Å². The van der Waals surface area contributed by atoms with E-state index in [1.807, 2.05) is 0 Å². The summed E-state index contributed by atoms with van der Waals surface area (Å²) in [6.45, 7) is 3.78. The highest BCUT2D eigenvalue weighted by molar-refractivity contribution is 6.67. The first-order valence-electron chi connectivity index (χ1n) is 7.68. The van der Waals surface area contributed by atoms with Gasteiger partial charge in [-0.2, -0.15) is 18.3 Å². The van der Waals surface area contributed by atoms with Gasteiger partial charge in [-0.25, -0.2) is 0 Å². The Kier molecular flexibility index (Phi) is 5.57. The highest BCUT2D eigenvalue weighted by Crippen LogP contribution is 2.41. The van der Waals surface area contributed by atoms with Crippen LogP contribution in [0.25, 0.3) is 0 Å². The number of aromatic nitrogens is 2. The van der Waals surface area contributed by atoms with E-state index in [9.17, 15) is 22.8 Å². The second-order valence-electron chi connectivity index (χ2n) is 5.93. The van der Waals surface area contributed by atoms with Gasteiger partial charge in [0.25, 0.3) is 5.24 Å². The normalized spacial score (nSPS) is 24.7. The molecule has 0 radical (unpaired) electrons. The van der Waals surface area contributed by atoms with Crippen LogP contribution in [-0.2, 0) is 15.7 Å². The maximum absolute atomic E-state index is 13.3. The fourth-order valence-corrected chi connectivity index (χ4v) is 3.39. The highest BCUT2D eigenvalue weighted by atomic mass is 35.5. The molecule has 1 aliphatic carbocycles. The van der Waals surface area contributed by atoms with Crippen molar-refractivity contribution in [1.29, 1.82) is 0 Å². The standard InChI is InChI=1S/C15H18ClF3N2O3/c1-3-24-14(23)10-5-4-9(6-8(10)2)21-12(15(17,18)19)11(7-20-21)13(16)22/h7-10H,3-6H2,1-2H3/t8-,9+,10+/m1/s1. The lowest BCUT2D eigenvalue weighted by molar-refractivity contribution is -0.153. The summed E-state index contributed by atoms with van der Waals surface area (Å²) in [5, 5.41) is 2.55. The van der Waals surface area contributed by atoms with Crippen molar-refractivity contribution < 1.29 is 27.5 Å². The van der Waals surface area contributed by atoms with Crippen LogP contribution in [0.1, 0.15) is 55.2 Å². The quantitative estimate of drug-likeness (QED) is 0.600. The fourth-order valence-electron chi connectivity index (χ4n) is 3.25. The van der Waals surface area contributed by atoms with Gasteiger partial charge in [0.2, 0.25) is 0 Å². The Morgan fingerprint density at radius 3 is 2.58 bits per heavy atom. The molecule has 0 saturated heterocycles. The van der Waals surface area contributed by atoms with Gasteiger partial charge >= 0.3 is 12.1 Å². The molecule has 0 N–H and O–H groups in total. The maximum atomic E-state index is 13.3. The molecular formula is C15H18ClF3N2O3. The lowest BCUT2D eigenvalue weighted by atomic mass is 9.78. The van der Waals surface area contributed by atoms with E-state index in [4.69, 9.17) is 16.3 Å². The van der Waals surface area contributed by atoms with E-state index in [2.05, 4.69) is 5.10 Å². The van der Waals surface area contributed by atoms with Crippen LogP contribution in [0.4, 0.5) is 13.2 Å². The molecule has 24 heavy (non-hydrogen) atoms. The van der Waals surface area contributed by atoms with Crippen LogP contribution in [-0.4, -0.2) is 27.6 Å². The largest absolute Gasteiger partial charge is 0.466 e. The summed E-state index contributed by atoms with van der Waals surface area (Å²) < 4.78 is 45.8. The van der Waals surface area contributed by atoms with Crippen LogP contribution in [0.2, 0.25) is 0 Å². The molecule has 1 aliphatic rings. The fraction of sp³-hybridized carbons (Fsp3) is 0.667. The zero-order valence-electron chi connectivity index (χ0n) is 13.3. The molecule has 2 rings (SSSR count). The molecule has 1 saturated carbocycles. The molecule has 0 unspecified atom stereocenters. The minimum atomic E-state index is -4.74. The number of hydrogen-bond acceptors (Lipinski definition) is 4. The number of ether oxygens (including phenoxy) is 1. The molecule has 0 bridgehead atoms. The Morgan fingerprint density at radius 1 is 1.42 bits per heavy atom. The number of carbonyl (C=O) groups excluding carboxylic acids is 2. The molecule has 9 heteroatoms. The summed E-state index contributed by atoms with van der Waals surface area (Å²) in [6.07, 6.45) is -2.80. The van der Waals surface area contributed by atoms with Crippen molar-refractivity contribution in [2.45, 2.75) is 45.3 Å². The Balaban J connectivity index is 2.26. The van der Waals surface area contributed by atoms with Gasteiger partial charge < -0.3 is 4.74 Å². The molecule has 1 aromatic heterocycles. The van der Waals surface area contributed by atoms with E-state index in [0.717, 1.165) is 10.9 Å². The van der Waals surface area contributed by atoms with Gasteiger partial charge in [0.15, 0.2) is 5.69 Å². The third-order valence-electron chi connectivity index (χ3n) is 4.35. The average molecular weight is 367 g/mol. The summed E-state index contributed by atoms with van der Waals surface area (Å²) in [5.41, 5.74) is -1.78. The number of alkyl halides is 3. The van der Waals surface area contributed by atoms with Crippen LogP contribution in [0, 0.1) is 11.8 Å². The van der Waals surface area contributed by atoms with Gasteiger partial charge in [-0.15, -0.1) is 0 Å². The van der Waals surface area contributed by atoms with Crippen LogP contribution >= 0.6 is 11.6 Å². The van der Waals surface area contributed by atoms with Crippen LogP contribution in [0.15, 0.2) is 6.20 Å². The molecule has 0 aliphatic heterocycles. The Morgan fingerprint density at radius 2 is 2.08 bits per heavy atom. The number of esters is 1. The number of rotatable bonds is 4. The first-order valence-corrected chi connectivity index (χ1v) is 8.05. The van der Waals surface area contributed by atoms with E-state index in [0.29, 0.717) is 19.3 Å². The SMILES string of the molecule is CCOC(=O)[C@H]1CC[C@H](n2ncc(C(=O)Cl)c2C(F)(F)F)C[C@H]1C. The van der Waals surface area contributed by atoms with Crippen molar-refractivity contribution in [1.82, 2.24) is 9.78 Å². The lowest BCUT2D eigenvalue weighted by Crippen LogP contribution is -2.33. The third-order valence-corrected chi connectivity index (χ3v) is 4.56. The van der Waals surface area contributed by atoms with Gasteiger partial charge in [-0.05, 0) is 43.7 Å². The van der Waals surface area contributed by atoms with Crippen LogP contribution in [0.3, 0.4) is 0 Å². The van der Waals surface area contributed by atoms with E-state index < -0.39 is 28.7 Å². The molecule has 0 spiro atoms. The zero-order chi connectivity index (χ0) is 18.1. The molecule has 5 nitrogen and oxygen atoms in total. The monoisotopic (exact) mass is 366 g/mol. The molecule has 1 aromatic rings. The minimum Gasteiger partial charge on any atom is -0.466 e. The molecule has 1 heterocycles. The zero-order valence-corrected chi connectivity index (χ0v) is 14.0. The molecular weight excluding hydrogens is 349 g/mol. The summed E-state index contributed by atoms with van der Waals surface area (Å²) in [5.74, 6) is -0.806. The Bertz CT molecular complexity index is 630. The minimum absolute atomic E-state index is 0.150.